The van der Waals surface area contributed by atoms with Crippen molar-refractivity contribution < 1.29 is 22.7 Å². The number of carbonyl (C=O) groups is 2. The van der Waals surface area contributed by atoms with Crippen LogP contribution in [0.1, 0.15) is 23.6 Å². The number of rotatable bonds is 13. The molecular formula is C34H35Cl2N3O5S. The van der Waals surface area contributed by atoms with Gasteiger partial charge >= 0.3 is 0 Å². The van der Waals surface area contributed by atoms with Gasteiger partial charge in [0.05, 0.1) is 17.7 Å². The molecule has 1 atom stereocenters. The Hall–Kier alpha value is -4.05. The van der Waals surface area contributed by atoms with Crippen molar-refractivity contribution in [3.63, 3.8) is 0 Å². The summed E-state index contributed by atoms with van der Waals surface area (Å²) >= 11 is 12.7. The van der Waals surface area contributed by atoms with E-state index in [4.69, 9.17) is 27.9 Å². The van der Waals surface area contributed by atoms with E-state index < -0.39 is 28.5 Å². The third-order valence-corrected chi connectivity index (χ3v) is 9.58. The fourth-order valence-electron chi connectivity index (χ4n) is 4.81. The zero-order valence-electron chi connectivity index (χ0n) is 25.2. The molecule has 8 nitrogen and oxygen atoms in total. The Balaban J connectivity index is 1.83. The van der Waals surface area contributed by atoms with Crippen LogP contribution >= 0.6 is 23.2 Å². The number of anilines is 1. The molecule has 0 saturated carbocycles. The number of amides is 2. The van der Waals surface area contributed by atoms with Gasteiger partial charge in [0, 0.05) is 35.6 Å². The topological polar surface area (TPSA) is 96.0 Å². The second kappa shape index (κ2) is 15.3. The standard InChI is InChI=1S/C34H35Cl2N3O5S/c1-4-37-34(41)32(19-25-9-6-5-7-10-25)38(22-26-15-16-27(35)20-31(26)36)33(40)23-39(28-11-8-12-29(21-28)44-3)45(42,43)30-17-13-24(2)14-18-30/h5-18,20-21,32H,4,19,22-23H2,1-3H3,(H,37,41). The van der Waals surface area contributed by atoms with Gasteiger partial charge in [-0.3, -0.25) is 13.9 Å². The largest absolute Gasteiger partial charge is 0.497 e. The number of ether oxygens (including phenoxy) is 1. The zero-order chi connectivity index (χ0) is 32.6. The lowest BCUT2D eigenvalue weighted by molar-refractivity contribution is -0.140. The SMILES string of the molecule is CCNC(=O)C(Cc1ccccc1)N(Cc1ccc(Cl)cc1Cl)C(=O)CN(c1cccc(OC)c1)S(=O)(=O)c1ccc(C)cc1. The van der Waals surface area contributed by atoms with Crippen LogP contribution < -0.4 is 14.4 Å². The van der Waals surface area contributed by atoms with Gasteiger partial charge in [0.2, 0.25) is 11.8 Å². The third-order valence-electron chi connectivity index (χ3n) is 7.21. The average Bonchev–Trinajstić information content (AvgIpc) is 3.03. The summed E-state index contributed by atoms with van der Waals surface area (Å²) in [4.78, 5) is 29.5. The van der Waals surface area contributed by atoms with Gasteiger partial charge in [-0.1, -0.05) is 83.4 Å². The van der Waals surface area contributed by atoms with E-state index in [9.17, 15) is 18.0 Å². The van der Waals surface area contributed by atoms with Gasteiger partial charge in [-0.25, -0.2) is 8.42 Å². The van der Waals surface area contributed by atoms with Crippen molar-refractivity contribution in [1.29, 1.82) is 0 Å². The van der Waals surface area contributed by atoms with Crippen LogP contribution in [0.25, 0.3) is 0 Å². The molecule has 0 fully saturated rings. The highest BCUT2D eigenvalue weighted by molar-refractivity contribution is 7.92. The van der Waals surface area contributed by atoms with Crippen molar-refractivity contribution in [3.8, 4) is 5.75 Å². The lowest BCUT2D eigenvalue weighted by atomic mass is 10.0. The first kappa shape index (κ1) is 33.8. The Labute approximate surface area is 274 Å². The highest BCUT2D eigenvalue weighted by Gasteiger charge is 2.35. The minimum Gasteiger partial charge on any atom is -0.497 e. The molecule has 1 unspecified atom stereocenters. The number of hydrogen-bond donors (Lipinski definition) is 1. The van der Waals surface area contributed by atoms with Gasteiger partial charge in [0.1, 0.15) is 18.3 Å². The van der Waals surface area contributed by atoms with Crippen molar-refractivity contribution in [3.05, 3.63) is 124 Å². The first-order valence-electron chi connectivity index (χ1n) is 14.3. The molecule has 0 aromatic heterocycles. The predicted octanol–water partition coefficient (Wildman–Crippen LogP) is 6.28. The molecule has 0 spiro atoms. The number of halogens is 2. The average molecular weight is 669 g/mol. The number of sulfonamides is 1. The maximum absolute atomic E-state index is 14.5. The molecule has 0 aliphatic carbocycles. The molecule has 236 valence electrons. The molecular weight excluding hydrogens is 633 g/mol. The molecule has 11 heteroatoms. The molecule has 4 aromatic rings. The number of hydrogen-bond acceptors (Lipinski definition) is 5. The molecule has 2 amide bonds. The molecule has 0 aliphatic heterocycles. The molecule has 1 N–H and O–H groups in total. The van der Waals surface area contributed by atoms with Crippen molar-refractivity contribution >= 4 is 50.7 Å². The summed E-state index contributed by atoms with van der Waals surface area (Å²) in [6.45, 7) is 3.32. The first-order chi connectivity index (χ1) is 21.5. The fourth-order valence-corrected chi connectivity index (χ4v) is 6.69. The lowest BCUT2D eigenvalue weighted by Gasteiger charge is -2.34. The molecule has 4 rings (SSSR count). The summed E-state index contributed by atoms with van der Waals surface area (Å²) in [7, 11) is -2.77. The van der Waals surface area contributed by atoms with Crippen LogP contribution in [0, 0.1) is 6.92 Å². The minimum absolute atomic E-state index is 0.0144. The van der Waals surface area contributed by atoms with E-state index >= 15 is 0 Å². The summed E-state index contributed by atoms with van der Waals surface area (Å²) in [6, 6.07) is 26.1. The van der Waals surface area contributed by atoms with Crippen LogP contribution in [0.15, 0.2) is 102 Å². The number of benzene rings is 4. The number of likely N-dealkylation sites (N-methyl/N-ethyl adjacent to an activating group) is 1. The highest BCUT2D eigenvalue weighted by atomic mass is 35.5. The number of nitrogens with zero attached hydrogens (tertiary/aromatic N) is 2. The van der Waals surface area contributed by atoms with E-state index in [2.05, 4.69) is 5.32 Å². The summed E-state index contributed by atoms with van der Waals surface area (Å²) in [5, 5.41) is 3.56. The number of aryl methyl sites for hydroxylation is 1. The van der Waals surface area contributed by atoms with E-state index in [-0.39, 0.29) is 29.5 Å². The summed E-state index contributed by atoms with van der Waals surface area (Å²) < 4.78 is 34.7. The van der Waals surface area contributed by atoms with E-state index in [1.54, 1.807) is 61.5 Å². The molecule has 0 radical (unpaired) electrons. The van der Waals surface area contributed by atoms with Gasteiger partial charge in [-0.05, 0) is 61.4 Å². The Morgan fingerprint density at radius 1 is 0.911 bits per heavy atom. The maximum Gasteiger partial charge on any atom is 0.264 e. The quantitative estimate of drug-likeness (QED) is 0.181. The van der Waals surface area contributed by atoms with Crippen LogP contribution in [0.5, 0.6) is 5.75 Å². The van der Waals surface area contributed by atoms with Crippen LogP contribution in [0.2, 0.25) is 10.0 Å². The van der Waals surface area contributed by atoms with Crippen molar-refractivity contribution in [2.45, 2.75) is 37.8 Å². The lowest BCUT2D eigenvalue weighted by Crippen LogP contribution is -2.53. The molecule has 0 aliphatic rings. The molecule has 45 heavy (non-hydrogen) atoms. The Morgan fingerprint density at radius 3 is 2.27 bits per heavy atom. The Bertz CT molecular complexity index is 1730. The normalized spacial score (nSPS) is 11.8. The fraction of sp³-hybridized carbons (Fsp3) is 0.235. The monoisotopic (exact) mass is 667 g/mol. The van der Waals surface area contributed by atoms with E-state index in [1.165, 1.54) is 24.1 Å². The third kappa shape index (κ3) is 8.57. The second-order valence-electron chi connectivity index (χ2n) is 10.4. The number of nitrogens with one attached hydrogen (secondary N) is 1. The molecule has 0 saturated heterocycles. The van der Waals surface area contributed by atoms with Gasteiger partial charge in [-0.15, -0.1) is 0 Å². The smallest absolute Gasteiger partial charge is 0.264 e. The molecule has 0 heterocycles. The summed E-state index contributed by atoms with van der Waals surface area (Å²) in [5.41, 5.74) is 2.48. The van der Waals surface area contributed by atoms with E-state index in [0.717, 1.165) is 15.4 Å². The molecule has 4 aromatic carbocycles. The minimum atomic E-state index is -4.24. The van der Waals surface area contributed by atoms with Crippen molar-refractivity contribution in [2.24, 2.45) is 0 Å². The summed E-state index contributed by atoms with van der Waals surface area (Å²) in [5.74, 6) is -0.570. The first-order valence-corrected chi connectivity index (χ1v) is 16.5. The van der Waals surface area contributed by atoms with Crippen molar-refractivity contribution in [1.82, 2.24) is 10.2 Å². The Morgan fingerprint density at radius 2 is 1.62 bits per heavy atom. The van der Waals surface area contributed by atoms with Crippen LogP contribution in [0.4, 0.5) is 5.69 Å². The van der Waals surface area contributed by atoms with E-state index in [0.29, 0.717) is 27.9 Å². The van der Waals surface area contributed by atoms with Crippen LogP contribution in [-0.2, 0) is 32.6 Å². The van der Waals surface area contributed by atoms with Crippen molar-refractivity contribution in [2.75, 3.05) is 24.5 Å². The Kier molecular flexibility index (Phi) is 11.5. The number of carbonyl (C=O) groups excluding carboxylic acids is 2. The van der Waals surface area contributed by atoms with E-state index in [1.807, 2.05) is 37.3 Å². The number of methoxy groups -OCH3 is 1. The predicted molar refractivity (Wildman–Crippen MR) is 178 cm³/mol. The zero-order valence-corrected chi connectivity index (χ0v) is 27.6. The second-order valence-corrected chi connectivity index (χ2v) is 13.1. The van der Waals surface area contributed by atoms with Gasteiger partial charge in [0.25, 0.3) is 10.0 Å². The van der Waals surface area contributed by atoms with Crippen LogP contribution in [-0.4, -0.2) is 51.4 Å². The van der Waals surface area contributed by atoms with Crippen LogP contribution in [0.3, 0.4) is 0 Å². The van der Waals surface area contributed by atoms with Gasteiger partial charge < -0.3 is 15.0 Å². The van der Waals surface area contributed by atoms with Gasteiger partial charge in [-0.2, -0.15) is 0 Å². The maximum atomic E-state index is 14.5. The molecule has 0 bridgehead atoms. The van der Waals surface area contributed by atoms with Gasteiger partial charge in [0.15, 0.2) is 0 Å². The summed E-state index contributed by atoms with van der Waals surface area (Å²) in [6.07, 6.45) is 0.188. The highest BCUT2D eigenvalue weighted by Crippen LogP contribution is 2.29.